The van der Waals surface area contributed by atoms with E-state index in [0.29, 0.717) is 5.75 Å². The quantitative estimate of drug-likeness (QED) is 0.616. The molecular weight excluding hydrogens is 212 g/mol. The molecule has 15 heavy (non-hydrogen) atoms. The Labute approximate surface area is 92.8 Å². The standard InChI is InChI=1S/C11H12O3S/c1-14-9-4-2-5-10(8-9)15-7-3-6-11(12)13/h2-6,8H,7H2,1H3,(H,12,13)/b6-3+. The van der Waals surface area contributed by atoms with Crippen molar-refractivity contribution in [1.82, 2.24) is 0 Å². The second-order valence-electron chi connectivity index (χ2n) is 2.73. The van der Waals surface area contributed by atoms with Gasteiger partial charge in [-0.3, -0.25) is 0 Å². The summed E-state index contributed by atoms with van der Waals surface area (Å²) >= 11 is 1.56. The van der Waals surface area contributed by atoms with Crippen LogP contribution in [-0.4, -0.2) is 23.9 Å². The molecule has 0 aliphatic rings. The van der Waals surface area contributed by atoms with Gasteiger partial charge in [0.25, 0.3) is 0 Å². The number of benzene rings is 1. The van der Waals surface area contributed by atoms with E-state index in [4.69, 9.17) is 9.84 Å². The average Bonchev–Trinajstić information content (AvgIpc) is 2.24. The molecule has 1 rings (SSSR count). The highest BCUT2D eigenvalue weighted by atomic mass is 32.2. The normalized spacial score (nSPS) is 10.5. The van der Waals surface area contributed by atoms with Crippen molar-refractivity contribution in [1.29, 1.82) is 0 Å². The first-order chi connectivity index (χ1) is 7.22. The fourth-order valence-corrected chi connectivity index (χ4v) is 1.74. The minimum absolute atomic E-state index is 0.638. The van der Waals surface area contributed by atoms with Gasteiger partial charge in [-0.25, -0.2) is 4.79 Å². The van der Waals surface area contributed by atoms with Crippen molar-refractivity contribution in [2.45, 2.75) is 4.90 Å². The van der Waals surface area contributed by atoms with Gasteiger partial charge >= 0.3 is 5.97 Å². The van der Waals surface area contributed by atoms with Gasteiger partial charge in [-0.2, -0.15) is 0 Å². The largest absolute Gasteiger partial charge is 0.497 e. The number of carboxylic acid groups (broad SMARTS) is 1. The van der Waals surface area contributed by atoms with E-state index in [-0.39, 0.29) is 0 Å². The third kappa shape index (κ3) is 4.56. The van der Waals surface area contributed by atoms with E-state index in [1.54, 1.807) is 24.9 Å². The van der Waals surface area contributed by atoms with E-state index in [1.807, 2.05) is 24.3 Å². The molecule has 0 saturated heterocycles. The van der Waals surface area contributed by atoms with Crippen LogP contribution in [0.1, 0.15) is 0 Å². The predicted molar refractivity (Wildman–Crippen MR) is 60.5 cm³/mol. The Kier molecular flexibility index (Phi) is 4.77. The maximum Gasteiger partial charge on any atom is 0.328 e. The lowest BCUT2D eigenvalue weighted by atomic mass is 10.3. The Hall–Kier alpha value is -1.42. The van der Waals surface area contributed by atoms with Gasteiger partial charge < -0.3 is 9.84 Å². The average molecular weight is 224 g/mol. The van der Waals surface area contributed by atoms with Gasteiger partial charge in [-0.05, 0) is 18.2 Å². The number of aliphatic carboxylic acids is 1. The van der Waals surface area contributed by atoms with Crippen molar-refractivity contribution >= 4 is 17.7 Å². The molecule has 4 heteroatoms. The monoisotopic (exact) mass is 224 g/mol. The van der Waals surface area contributed by atoms with Crippen LogP contribution in [0.2, 0.25) is 0 Å². The summed E-state index contributed by atoms with van der Waals surface area (Å²) in [5, 5.41) is 8.38. The van der Waals surface area contributed by atoms with E-state index in [0.717, 1.165) is 16.7 Å². The molecule has 1 aromatic carbocycles. The van der Waals surface area contributed by atoms with Crippen LogP contribution in [-0.2, 0) is 4.79 Å². The number of rotatable bonds is 5. The second kappa shape index (κ2) is 6.14. The number of carboxylic acids is 1. The van der Waals surface area contributed by atoms with Crippen LogP contribution in [0.4, 0.5) is 0 Å². The molecule has 3 nitrogen and oxygen atoms in total. The van der Waals surface area contributed by atoms with Crippen molar-refractivity contribution in [2.75, 3.05) is 12.9 Å². The summed E-state index contributed by atoms with van der Waals surface area (Å²) < 4.78 is 5.07. The number of thioether (sulfide) groups is 1. The maximum atomic E-state index is 10.2. The number of carbonyl (C=O) groups is 1. The molecule has 0 saturated carbocycles. The summed E-state index contributed by atoms with van der Waals surface area (Å²) in [5.74, 6) is 0.530. The molecule has 0 radical (unpaired) electrons. The molecule has 0 aliphatic heterocycles. The van der Waals surface area contributed by atoms with Gasteiger partial charge in [0, 0.05) is 16.7 Å². The highest BCUT2D eigenvalue weighted by Crippen LogP contribution is 2.22. The van der Waals surface area contributed by atoms with Crippen LogP contribution in [0.3, 0.4) is 0 Å². The van der Waals surface area contributed by atoms with Gasteiger partial charge in [0.15, 0.2) is 0 Å². The molecule has 1 N–H and O–H groups in total. The third-order valence-electron chi connectivity index (χ3n) is 1.65. The maximum absolute atomic E-state index is 10.2. The molecular formula is C11H12O3S. The Morgan fingerprint density at radius 1 is 1.60 bits per heavy atom. The summed E-state index contributed by atoms with van der Waals surface area (Å²) in [6.45, 7) is 0. The van der Waals surface area contributed by atoms with Crippen LogP contribution in [0.5, 0.6) is 5.75 Å². The zero-order valence-corrected chi connectivity index (χ0v) is 9.16. The van der Waals surface area contributed by atoms with Gasteiger partial charge in [0.2, 0.25) is 0 Å². The topological polar surface area (TPSA) is 46.5 Å². The van der Waals surface area contributed by atoms with Crippen molar-refractivity contribution in [2.24, 2.45) is 0 Å². The van der Waals surface area contributed by atoms with Crippen LogP contribution >= 0.6 is 11.8 Å². The highest BCUT2D eigenvalue weighted by molar-refractivity contribution is 7.99. The summed E-state index contributed by atoms with van der Waals surface area (Å²) in [7, 11) is 1.62. The molecule has 1 aromatic rings. The zero-order chi connectivity index (χ0) is 11.1. The van der Waals surface area contributed by atoms with E-state index in [1.165, 1.54) is 0 Å². The van der Waals surface area contributed by atoms with Crippen molar-refractivity contribution in [3.8, 4) is 5.75 Å². The third-order valence-corrected chi connectivity index (χ3v) is 2.59. The number of methoxy groups -OCH3 is 1. The van der Waals surface area contributed by atoms with Gasteiger partial charge in [-0.15, -0.1) is 11.8 Å². The Morgan fingerprint density at radius 2 is 2.40 bits per heavy atom. The van der Waals surface area contributed by atoms with E-state index < -0.39 is 5.97 Å². The fraction of sp³-hybridized carbons (Fsp3) is 0.182. The summed E-state index contributed by atoms with van der Waals surface area (Å²) in [6.07, 6.45) is 2.76. The van der Waals surface area contributed by atoms with Crippen LogP contribution < -0.4 is 4.74 Å². The summed E-state index contributed by atoms with van der Waals surface area (Å²) in [4.78, 5) is 11.3. The van der Waals surface area contributed by atoms with E-state index in [2.05, 4.69) is 0 Å². The van der Waals surface area contributed by atoms with Crippen LogP contribution in [0.15, 0.2) is 41.3 Å². The lowest BCUT2D eigenvalue weighted by Crippen LogP contribution is -1.86. The molecule has 0 aromatic heterocycles. The van der Waals surface area contributed by atoms with Crippen molar-refractivity contribution in [3.05, 3.63) is 36.4 Å². The molecule has 0 unspecified atom stereocenters. The Morgan fingerprint density at radius 3 is 3.07 bits per heavy atom. The van der Waals surface area contributed by atoms with E-state index in [9.17, 15) is 4.79 Å². The first-order valence-electron chi connectivity index (χ1n) is 4.38. The predicted octanol–water partition coefficient (Wildman–Crippen LogP) is 2.43. The SMILES string of the molecule is COc1cccc(SC/C=C/C(=O)O)c1. The minimum Gasteiger partial charge on any atom is -0.497 e. The molecule has 80 valence electrons. The highest BCUT2D eigenvalue weighted by Gasteiger charge is 1.95. The number of hydrogen-bond donors (Lipinski definition) is 1. The Bertz CT molecular complexity index is 361. The summed E-state index contributed by atoms with van der Waals surface area (Å²) in [6, 6.07) is 7.65. The van der Waals surface area contributed by atoms with Gasteiger partial charge in [-0.1, -0.05) is 12.1 Å². The summed E-state index contributed by atoms with van der Waals surface area (Å²) in [5.41, 5.74) is 0. The second-order valence-corrected chi connectivity index (χ2v) is 3.82. The molecule has 0 heterocycles. The zero-order valence-electron chi connectivity index (χ0n) is 8.34. The molecule has 0 atom stereocenters. The van der Waals surface area contributed by atoms with E-state index >= 15 is 0 Å². The molecule has 0 fully saturated rings. The van der Waals surface area contributed by atoms with Crippen LogP contribution in [0.25, 0.3) is 0 Å². The molecule has 0 amide bonds. The molecule has 0 spiro atoms. The smallest absolute Gasteiger partial charge is 0.328 e. The number of hydrogen-bond acceptors (Lipinski definition) is 3. The lowest BCUT2D eigenvalue weighted by molar-refractivity contribution is -0.131. The number of ether oxygens (including phenoxy) is 1. The minimum atomic E-state index is -0.916. The lowest BCUT2D eigenvalue weighted by Gasteiger charge is -2.01. The molecule has 0 aliphatic carbocycles. The van der Waals surface area contributed by atoms with Crippen LogP contribution in [0, 0.1) is 0 Å². The van der Waals surface area contributed by atoms with Crippen molar-refractivity contribution in [3.63, 3.8) is 0 Å². The van der Waals surface area contributed by atoms with Gasteiger partial charge in [0.1, 0.15) is 5.75 Å². The van der Waals surface area contributed by atoms with Crippen molar-refractivity contribution < 1.29 is 14.6 Å². The molecule has 0 bridgehead atoms. The first kappa shape index (κ1) is 11.7. The van der Waals surface area contributed by atoms with Gasteiger partial charge in [0.05, 0.1) is 7.11 Å². The fourth-order valence-electron chi connectivity index (χ4n) is 0.984. The first-order valence-corrected chi connectivity index (χ1v) is 5.37. The Balaban J connectivity index is 2.47.